The van der Waals surface area contributed by atoms with E-state index in [0.717, 1.165) is 0 Å². The second-order valence-electron chi connectivity index (χ2n) is 3.62. The summed E-state index contributed by atoms with van der Waals surface area (Å²) < 4.78 is 0. The zero-order valence-corrected chi connectivity index (χ0v) is 8.94. The van der Waals surface area contributed by atoms with E-state index in [9.17, 15) is 0 Å². The molecule has 0 heterocycles. The Morgan fingerprint density at radius 3 is 2.00 bits per heavy atom. The minimum absolute atomic E-state index is 1.24. The number of hydrogen-bond acceptors (Lipinski definition) is 0. The highest BCUT2D eigenvalue weighted by Crippen LogP contribution is 2.21. The molecule has 0 saturated heterocycles. The molecular formula is C13H17. The fraction of sp³-hybridized carbons (Fsp3) is 0.308. The van der Waals surface area contributed by atoms with Gasteiger partial charge in [0.15, 0.2) is 0 Å². The maximum absolute atomic E-state index is 3.78. The SMILES string of the molecule is C=C[C](C)c1cc(C)c(C)c(C)c1. The first-order valence-corrected chi connectivity index (χ1v) is 4.60. The van der Waals surface area contributed by atoms with Crippen LogP contribution in [-0.4, -0.2) is 0 Å². The first-order chi connectivity index (χ1) is 6.06. The summed E-state index contributed by atoms with van der Waals surface area (Å²) in [4.78, 5) is 0. The predicted octanol–water partition coefficient (Wildman–Crippen LogP) is 3.74. The van der Waals surface area contributed by atoms with Crippen LogP contribution >= 0.6 is 0 Å². The number of allylic oxidation sites excluding steroid dienone is 1. The Hall–Kier alpha value is -1.04. The molecule has 0 atom stereocenters. The van der Waals surface area contributed by atoms with Gasteiger partial charge in [0.25, 0.3) is 0 Å². The zero-order chi connectivity index (χ0) is 10.0. The van der Waals surface area contributed by atoms with Crippen molar-refractivity contribution in [1.29, 1.82) is 0 Å². The third kappa shape index (κ3) is 2.00. The van der Waals surface area contributed by atoms with Crippen LogP contribution in [0.1, 0.15) is 29.2 Å². The first-order valence-electron chi connectivity index (χ1n) is 4.60. The van der Waals surface area contributed by atoms with Crippen molar-refractivity contribution in [2.24, 2.45) is 0 Å². The minimum Gasteiger partial charge on any atom is -0.102 e. The van der Waals surface area contributed by atoms with Crippen molar-refractivity contribution >= 4 is 0 Å². The molecule has 0 fully saturated rings. The molecular weight excluding hydrogens is 156 g/mol. The molecule has 0 spiro atoms. The second-order valence-corrected chi connectivity index (χ2v) is 3.62. The quantitative estimate of drug-likeness (QED) is 0.639. The van der Waals surface area contributed by atoms with Gasteiger partial charge in [0, 0.05) is 5.92 Å². The lowest BCUT2D eigenvalue weighted by atomic mass is 9.94. The van der Waals surface area contributed by atoms with E-state index >= 15 is 0 Å². The lowest BCUT2D eigenvalue weighted by Crippen LogP contribution is -1.95. The molecule has 0 bridgehead atoms. The van der Waals surface area contributed by atoms with Gasteiger partial charge in [-0.15, -0.1) is 6.58 Å². The van der Waals surface area contributed by atoms with Crippen LogP contribution < -0.4 is 0 Å². The first kappa shape index (κ1) is 10.0. The van der Waals surface area contributed by atoms with Gasteiger partial charge in [0.2, 0.25) is 0 Å². The van der Waals surface area contributed by atoms with Crippen molar-refractivity contribution in [3.05, 3.63) is 53.0 Å². The number of benzene rings is 1. The van der Waals surface area contributed by atoms with E-state index in [1.807, 2.05) is 6.08 Å². The summed E-state index contributed by atoms with van der Waals surface area (Å²) in [5.41, 5.74) is 5.39. The van der Waals surface area contributed by atoms with Crippen LogP contribution in [0.5, 0.6) is 0 Å². The van der Waals surface area contributed by atoms with Crippen LogP contribution in [0.4, 0.5) is 0 Å². The zero-order valence-electron chi connectivity index (χ0n) is 8.94. The molecule has 0 aliphatic heterocycles. The second kappa shape index (κ2) is 3.78. The van der Waals surface area contributed by atoms with Crippen molar-refractivity contribution in [3.8, 4) is 0 Å². The van der Waals surface area contributed by atoms with Crippen LogP contribution in [0, 0.1) is 26.7 Å². The largest absolute Gasteiger partial charge is 0.102 e. The summed E-state index contributed by atoms with van der Waals surface area (Å²) in [7, 11) is 0. The van der Waals surface area contributed by atoms with Crippen LogP contribution in [0.15, 0.2) is 24.8 Å². The van der Waals surface area contributed by atoms with Crippen molar-refractivity contribution in [1.82, 2.24) is 0 Å². The molecule has 0 aromatic heterocycles. The molecule has 0 heteroatoms. The van der Waals surface area contributed by atoms with Gasteiger partial charge in [0.05, 0.1) is 0 Å². The maximum atomic E-state index is 3.78. The third-order valence-electron chi connectivity index (χ3n) is 2.69. The van der Waals surface area contributed by atoms with Gasteiger partial charge < -0.3 is 0 Å². The summed E-state index contributed by atoms with van der Waals surface area (Å²) >= 11 is 0. The van der Waals surface area contributed by atoms with Crippen LogP contribution in [0.2, 0.25) is 0 Å². The standard InChI is InChI=1S/C13H17/c1-6-9(2)13-7-10(3)12(5)11(4)8-13/h6-8H,1H2,2-5H3. The third-order valence-corrected chi connectivity index (χ3v) is 2.69. The number of rotatable bonds is 2. The predicted molar refractivity (Wildman–Crippen MR) is 58.9 cm³/mol. The summed E-state index contributed by atoms with van der Waals surface area (Å²) in [6, 6.07) is 4.44. The van der Waals surface area contributed by atoms with Gasteiger partial charge in [-0.05, 0) is 43.0 Å². The summed E-state index contributed by atoms with van der Waals surface area (Å²) in [5, 5.41) is 0. The molecule has 1 aromatic carbocycles. The fourth-order valence-corrected chi connectivity index (χ4v) is 1.38. The van der Waals surface area contributed by atoms with Crippen LogP contribution in [-0.2, 0) is 0 Å². The molecule has 0 aliphatic carbocycles. The molecule has 1 aromatic rings. The molecule has 0 nitrogen and oxygen atoms in total. The summed E-state index contributed by atoms with van der Waals surface area (Å²) in [5.74, 6) is 1.24. The Morgan fingerprint density at radius 1 is 1.15 bits per heavy atom. The normalized spacial score (nSPS) is 10.5. The topological polar surface area (TPSA) is 0 Å². The van der Waals surface area contributed by atoms with Crippen molar-refractivity contribution < 1.29 is 0 Å². The molecule has 0 aliphatic rings. The van der Waals surface area contributed by atoms with Crippen LogP contribution in [0.3, 0.4) is 0 Å². The molecule has 13 heavy (non-hydrogen) atoms. The minimum atomic E-state index is 1.24. The maximum Gasteiger partial charge on any atom is 0.0230 e. The van der Waals surface area contributed by atoms with E-state index in [0.29, 0.717) is 0 Å². The lowest BCUT2D eigenvalue weighted by molar-refractivity contribution is 1.18. The molecule has 0 saturated carbocycles. The average molecular weight is 173 g/mol. The van der Waals surface area contributed by atoms with E-state index in [-0.39, 0.29) is 0 Å². The van der Waals surface area contributed by atoms with Gasteiger partial charge >= 0.3 is 0 Å². The number of aryl methyl sites for hydroxylation is 2. The summed E-state index contributed by atoms with van der Waals surface area (Å²) in [6.45, 7) is 12.3. The molecule has 0 N–H and O–H groups in total. The Bertz CT molecular complexity index is 298. The Balaban J connectivity index is 3.20. The Morgan fingerprint density at radius 2 is 1.62 bits per heavy atom. The molecule has 0 amide bonds. The van der Waals surface area contributed by atoms with E-state index in [4.69, 9.17) is 0 Å². The van der Waals surface area contributed by atoms with E-state index in [1.54, 1.807) is 0 Å². The number of hydrogen-bond donors (Lipinski definition) is 0. The van der Waals surface area contributed by atoms with E-state index in [2.05, 4.69) is 46.4 Å². The van der Waals surface area contributed by atoms with Gasteiger partial charge in [-0.25, -0.2) is 0 Å². The molecule has 0 unspecified atom stereocenters. The highest BCUT2D eigenvalue weighted by Gasteiger charge is 2.05. The van der Waals surface area contributed by atoms with E-state index in [1.165, 1.54) is 28.2 Å². The lowest BCUT2D eigenvalue weighted by Gasteiger charge is -2.11. The molecule has 1 radical (unpaired) electrons. The van der Waals surface area contributed by atoms with Crippen molar-refractivity contribution in [2.45, 2.75) is 27.7 Å². The molecule has 69 valence electrons. The average Bonchev–Trinajstić information content (AvgIpc) is 2.12. The van der Waals surface area contributed by atoms with Crippen molar-refractivity contribution in [3.63, 3.8) is 0 Å². The molecule has 1 rings (SSSR count). The summed E-state index contributed by atoms with van der Waals surface area (Å²) in [6.07, 6.45) is 1.91. The highest BCUT2D eigenvalue weighted by molar-refractivity contribution is 5.44. The van der Waals surface area contributed by atoms with Gasteiger partial charge in [-0.3, -0.25) is 0 Å². The van der Waals surface area contributed by atoms with E-state index < -0.39 is 0 Å². The van der Waals surface area contributed by atoms with Crippen molar-refractivity contribution in [2.75, 3.05) is 0 Å². The van der Waals surface area contributed by atoms with Crippen LogP contribution in [0.25, 0.3) is 0 Å². The highest BCUT2D eigenvalue weighted by atomic mass is 14.1. The fourth-order valence-electron chi connectivity index (χ4n) is 1.38. The van der Waals surface area contributed by atoms with Gasteiger partial charge in [-0.1, -0.05) is 25.1 Å². The van der Waals surface area contributed by atoms with Gasteiger partial charge in [-0.2, -0.15) is 0 Å². The Kier molecular flexibility index (Phi) is 2.92. The Labute approximate surface area is 81.3 Å². The van der Waals surface area contributed by atoms with Gasteiger partial charge in [0.1, 0.15) is 0 Å². The monoisotopic (exact) mass is 173 g/mol. The smallest absolute Gasteiger partial charge is 0.0230 e.